The lowest BCUT2D eigenvalue weighted by molar-refractivity contribution is -0.523. The number of rotatable bonds is 8. The lowest BCUT2D eigenvalue weighted by atomic mass is 9.90. The Balaban J connectivity index is 0.000000161. The van der Waals surface area contributed by atoms with Gasteiger partial charge >= 0.3 is 5.97 Å². The molecule has 1 saturated heterocycles. The molecule has 2 aromatic carbocycles. The molecule has 7 heteroatoms. The lowest BCUT2D eigenvalue weighted by Gasteiger charge is -2.40. The molecule has 1 aliphatic carbocycles. The van der Waals surface area contributed by atoms with Crippen LogP contribution in [0.25, 0.3) is 0 Å². The molecule has 2 aromatic rings. The van der Waals surface area contributed by atoms with Gasteiger partial charge < -0.3 is 9.84 Å². The van der Waals surface area contributed by atoms with E-state index in [1.165, 1.54) is 24.9 Å². The summed E-state index contributed by atoms with van der Waals surface area (Å²) in [5.74, 6) is 2.19. The predicted octanol–water partition coefficient (Wildman–Crippen LogP) is 4.77. The molecule has 0 spiro atoms. The van der Waals surface area contributed by atoms with Gasteiger partial charge in [0.2, 0.25) is 0 Å². The van der Waals surface area contributed by atoms with Gasteiger partial charge in [-0.2, -0.15) is 11.8 Å². The second-order valence-electron chi connectivity index (χ2n) is 9.19. The molecule has 2 heterocycles. The number of nitrogens with zero attached hydrogens (tertiary/aromatic N) is 2. The van der Waals surface area contributed by atoms with Crippen molar-refractivity contribution in [2.24, 2.45) is 5.92 Å². The van der Waals surface area contributed by atoms with Gasteiger partial charge in [-0.15, -0.1) is 0 Å². The molecular formula is C27H34ClN2O3S+. The molecule has 0 radical (unpaired) electrons. The zero-order chi connectivity index (χ0) is 24.0. The second-order valence-corrected chi connectivity index (χ2v) is 10.9. The van der Waals surface area contributed by atoms with Gasteiger partial charge in [-0.1, -0.05) is 54.1 Å². The predicted molar refractivity (Wildman–Crippen MR) is 139 cm³/mol. The average molecular weight is 502 g/mol. The summed E-state index contributed by atoms with van der Waals surface area (Å²) >= 11 is 7.72. The Kier molecular flexibility index (Phi) is 8.70. The molecule has 2 unspecified atom stereocenters. The van der Waals surface area contributed by atoms with E-state index in [2.05, 4.69) is 9.48 Å². The Morgan fingerprint density at radius 1 is 1.18 bits per heavy atom. The van der Waals surface area contributed by atoms with Crippen LogP contribution < -0.4 is 0 Å². The first-order chi connectivity index (χ1) is 16.5. The summed E-state index contributed by atoms with van der Waals surface area (Å²) in [5.41, 5.74) is 2.81. The van der Waals surface area contributed by atoms with Gasteiger partial charge in [-0.05, 0) is 30.2 Å². The Morgan fingerprint density at radius 2 is 1.88 bits per heavy atom. The molecule has 2 aliphatic heterocycles. The van der Waals surface area contributed by atoms with Crippen molar-refractivity contribution in [3.63, 3.8) is 0 Å². The van der Waals surface area contributed by atoms with Crippen LogP contribution in [0.5, 0.6) is 0 Å². The van der Waals surface area contributed by atoms with E-state index in [1.54, 1.807) is 12.6 Å². The number of hydrogen-bond acceptors (Lipinski definition) is 4. The van der Waals surface area contributed by atoms with Crippen LogP contribution in [-0.4, -0.2) is 70.6 Å². The van der Waals surface area contributed by atoms with E-state index in [0.29, 0.717) is 6.61 Å². The maximum atomic E-state index is 11.7. The van der Waals surface area contributed by atoms with Crippen molar-refractivity contribution in [2.75, 3.05) is 44.3 Å². The molecule has 2 fully saturated rings. The molecule has 5 rings (SSSR count). The maximum Gasteiger partial charge on any atom is 0.328 e. The van der Waals surface area contributed by atoms with Gasteiger partial charge in [-0.25, -0.2) is 9.37 Å². The number of carbonyl (C=O) groups is 1. The number of carboxylic acid groups (broad SMARTS) is 1. The topological polar surface area (TPSA) is 52.8 Å². The van der Waals surface area contributed by atoms with Crippen LogP contribution in [0.15, 0.2) is 54.6 Å². The van der Waals surface area contributed by atoms with Crippen molar-refractivity contribution in [2.45, 2.75) is 31.9 Å². The van der Waals surface area contributed by atoms with Gasteiger partial charge in [-0.3, -0.25) is 4.90 Å². The van der Waals surface area contributed by atoms with Crippen molar-refractivity contribution in [1.82, 2.24) is 4.90 Å². The molecule has 3 aliphatic rings. The largest absolute Gasteiger partial charge is 0.480 e. The highest BCUT2D eigenvalue weighted by molar-refractivity contribution is 7.99. The number of carboxylic acids is 1. The standard InChI is InChI=1S/C14H17ClNO.C13H17NO2S/c15-13-3-1-11(2-4-13)10-17-8-7-16-6-5-12-9-14(12)16;1-13(12(15)16,11-5-3-2-4-6-11)14-7-9-17-10-8-14/h1-4,12H,5-10H2;2-6H,7-10H2,1H3,(H,15,16)/q+1;. The molecular weight excluding hydrogens is 468 g/mol. The van der Waals surface area contributed by atoms with E-state index >= 15 is 0 Å². The fourth-order valence-corrected chi connectivity index (χ4v) is 5.75. The van der Waals surface area contributed by atoms with Crippen molar-refractivity contribution in [1.29, 1.82) is 0 Å². The average Bonchev–Trinajstić information content (AvgIpc) is 3.55. The number of hydrogen-bond donors (Lipinski definition) is 1. The van der Waals surface area contributed by atoms with Crippen LogP contribution in [0.4, 0.5) is 0 Å². The molecule has 0 amide bonds. The molecule has 0 bridgehead atoms. The van der Waals surface area contributed by atoms with Crippen LogP contribution in [-0.2, 0) is 21.7 Å². The van der Waals surface area contributed by atoms with Gasteiger partial charge in [0.1, 0.15) is 18.7 Å². The zero-order valence-corrected chi connectivity index (χ0v) is 21.4. The lowest BCUT2D eigenvalue weighted by Crippen LogP contribution is -2.52. The van der Waals surface area contributed by atoms with Crippen LogP contribution in [0.2, 0.25) is 5.02 Å². The molecule has 2 atom stereocenters. The van der Waals surface area contributed by atoms with Crippen molar-refractivity contribution >= 4 is 35.0 Å². The second kappa shape index (κ2) is 11.7. The smallest absolute Gasteiger partial charge is 0.328 e. The van der Waals surface area contributed by atoms with E-state index in [4.69, 9.17) is 16.3 Å². The van der Waals surface area contributed by atoms with Crippen LogP contribution >= 0.6 is 23.4 Å². The summed E-state index contributed by atoms with van der Waals surface area (Å²) in [6.45, 7) is 7.28. The zero-order valence-electron chi connectivity index (χ0n) is 19.8. The third-order valence-electron chi connectivity index (χ3n) is 7.00. The molecule has 1 saturated carbocycles. The quantitative estimate of drug-likeness (QED) is 0.417. The Morgan fingerprint density at radius 3 is 2.47 bits per heavy atom. The Hall–Kier alpha value is -1.86. The van der Waals surface area contributed by atoms with Gasteiger partial charge in [0.15, 0.2) is 12.3 Å². The first-order valence-corrected chi connectivity index (χ1v) is 13.6. The van der Waals surface area contributed by atoms with Gasteiger partial charge in [0, 0.05) is 42.5 Å². The highest BCUT2D eigenvalue weighted by Crippen LogP contribution is 2.34. The summed E-state index contributed by atoms with van der Waals surface area (Å²) in [5, 5.41) is 10.4. The summed E-state index contributed by atoms with van der Waals surface area (Å²) in [6.07, 6.45) is 2.71. The summed E-state index contributed by atoms with van der Waals surface area (Å²) in [4.78, 5) is 13.7. The normalized spacial score (nSPS) is 21.3. The van der Waals surface area contributed by atoms with Crippen molar-refractivity contribution in [3.8, 4) is 0 Å². The van der Waals surface area contributed by atoms with E-state index in [9.17, 15) is 9.90 Å². The minimum Gasteiger partial charge on any atom is -0.480 e. The molecule has 5 nitrogen and oxygen atoms in total. The minimum absolute atomic E-state index is 0.684. The summed E-state index contributed by atoms with van der Waals surface area (Å²) in [7, 11) is 0. The summed E-state index contributed by atoms with van der Waals surface area (Å²) in [6, 6.07) is 17.4. The number of aliphatic carboxylic acids is 1. The Labute approximate surface area is 211 Å². The maximum absolute atomic E-state index is 11.7. The molecule has 182 valence electrons. The number of ether oxygens (including phenoxy) is 1. The molecule has 1 N–H and O–H groups in total. The van der Waals surface area contributed by atoms with Crippen LogP contribution in [0, 0.1) is 5.92 Å². The van der Waals surface area contributed by atoms with Gasteiger partial charge in [0.25, 0.3) is 0 Å². The first kappa shape index (κ1) is 25.2. The third kappa shape index (κ3) is 6.22. The number of benzene rings is 2. The van der Waals surface area contributed by atoms with Crippen LogP contribution in [0.3, 0.4) is 0 Å². The van der Waals surface area contributed by atoms with Crippen molar-refractivity contribution in [3.05, 3.63) is 70.7 Å². The van der Waals surface area contributed by atoms with E-state index in [1.807, 2.05) is 66.4 Å². The van der Waals surface area contributed by atoms with E-state index in [-0.39, 0.29) is 0 Å². The number of halogens is 1. The van der Waals surface area contributed by atoms with Crippen molar-refractivity contribution < 1.29 is 19.2 Å². The highest BCUT2D eigenvalue weighted by Gasteiger charge is 2.46. The fraction of sp³-hybridized carbons (Fsp3) is 0.481. The summed E-state index contributed by atoms with van der Waals surface area (Å²) < 4.78 is 8.18. The minimum atomic E-state index is -0.901. The fourth-order valence-electron chi connectivity index (χ4n) is 4.72. The number of thioether (sulfide) groups is 1. The first-order valence-electron chi connectivity index (χ1n) is 12.0. The molecule has 0 aromatic heterocycles. The highest BCUT2D eigenvalue weighted by atomic mass is 35.5. The molecule has 34 heavy (non-hydrogen) atoms. The SMILES string of the molecule is CC(C(=O)O)(c1ccccc1)N1CCSCC1.Clc1ccc(COCC[N+]2=C3CC3CC2)cc1. The van der Waals surface area contributed by atoms with E-state index in [0.717, 1.165) is 54.3 Å². The van der Waals surface area contributed by atoms with E-state index < -0.39 is 11.5 Å². The van der Waals surface area contributed by atoms with Gasteiger partial charge in [0.05, 0.1) is 12.5 Å². The number of fused-ring (bicyclic) bond motifs is 1. The third-order valence-corrected chi connectivity index (χ3v) is 8.20. The Bertz CT molecular complexity index is 993. The monoisotopic (exact) mass is 501 g/mol. The van der Waals surface area contributed by atoms with Crippen LogP contribution in [0.1, 0.15) is 30.9 Å².